The fourth-order valence-electron chi connectivity index (χ4n) is 3.14. The molecule has 0 radical (unpaired) electrons. The van der Waals surface area contributed by atoms with Crippen LogP contribution < -0.4 is 5.32 Å². The predicted molar refractivity (Wildman–Crippen MR) is 123 cm³/mol. The van der Waals surface area contributed by atoms with Crippen LogP contribution in [0.1, 0.15) is 15.9 Å². The Hall–Kier alpha value is -3.29. The Morgan fingerprint density at radius 2 is 1.71 bits per heavy atom. The molecule has 4 aromatic rings. The molecule has 8 heteroatoms. The topological polar surface area (TPSA) is 89.0 Å². The zero-order valence-electron chi connectivity index (χ0n) is 16.5. The van der Waals surface area contributed by atoms with Crippen molar-refractivity contribution in [3.63, 3.8) is 0 Å². The Morgan fingerprint density at radius 1 is 1.00 bits per heavy atom. The summed E-state index contributed by atoms with van der Waals surface area (Å²) >= 11 is 6.38. The van der Waals surface area contributed by atoms with Gasteiger partial charge in [0.15, 0.2) is 9.84 Å². The zero-order valence-corrected chi connectivity index (χ0v) is 18.1. The van der Waals surface area contributed by atoms with Gasteiger partial charge in [-0.3, -0.25) is 9.78 Å². The van der Waals surface area contributed by atoms with E-state index < -0.39 is 9.84 Å². The van der Waals surface area contributed by atoms with E-state index in [2.05, 4.69) is 15.3 Å². The van der Waals surface area contributed by atoms with E-state index in [1.165, 1.54) is 6.26 Å². The highest BCUT2D eigenvalue weighted by Crippen LogP contribution is 2.30. The van der Waals surface area contributed by atoms with Crippen LogP contribution in [0.15, 0.2) is 72.9 Å². The van der Waals surface area contributed by atoms with Crippen LogP contribution in [0.2, 0.25) is 5.02 Å². The van der Waals surface area contributed by atoms with Crippen molar-refractivity contribution in [3.05, 3.63) is 89.1 Å². The van der Waals surface area contributed by atoms with Crippen LogP contribution in [0.3, 0.4) is 0 Å². The average Bonchev–Trinajstić information content (AvgIpc) is 2.74. The van der Waals surface area contributed by atoms with Crippen molar-refractivity contribution in [1.82, 2.24) is 9.97 Å². The Kier molecular flexibility index (Phi) is 5.71. The molecule has 0 atom stereocenters. The van der Waals surface area contributed by atoms with Crippen LogP contribution in [-0.2, 0) is 15.6 Å². The summed E-state index contributed by atoms with van der Waals surface area (Å²) in [6.07, 6.45) is 2.82. The molecule has 0 saturated carbocycles. The molecule has 1 N–H and O–H groups in total. The van der Waals surface area contributed by atoms with E-state index in [-0.39, 0.29) is 11.7 Å². The normalized spacial score (nSPS) is 11.4. The van der Waals surface area contributed by atoms with Crippen molar-refractivity contribution >= 4 is 44.1 Å². The van der Waals surface area contributed by atoms with Gasteiger partial charge in [0.05, 0.1) is 33.7 Å². The molecule has 0 aliphatic heterocycles. The number of para-hydroxylation sites is 2. The third kappa shape index (κ3) is 5.07. The number of carbonyl (C=O) groups is 1. The first-order chi connectivity index (χ1) is 14.8. The van der Waals surface area contributed by atoms with Gasteiger partial charge in [-0.05, 0) is 48.0 Å². The van der Waals surface area contributed by atoms with Gasteiger partial charge in [-0.1, -0.05) is 35.9 Å². The van der Waals surface area contributed by atoms with Crippen molar-refractivity contribution in [2.45, 2.75) is 5.75 Å². The van der Waals surface area contributed by atoms with Crippen LogP contribution >= 0.6 is 11.6 Å². The first-order valence-corrected chi connectivity index (χ1v) is 11.8. The number of sulfone groups is 1. The standard InChI is InChI=1S/C23H18ClN3O3S/c1-31(29,30)14-15-6-8-16(9-7-15)23(28)26-17-10-11-19(24)18(12-17)22-13-25-20-4-2-3-5-21(20)27-22/h2-13H,14H2,1H3,(H,26,28). The van der Waals surface area contributed by atoms with Crippen molar-refractivity contribution in [3.8, 4) is 11.3 Å². The fourth-order valence-corrected chi connectivity index (χ4v) is 4.16. The van der Waals surface area contributed by atoms with Crippen LogP contribution in [0, 0.1) is 0 Å². The summed E-state index contributed by atoms with van der Waals surface area (Å²) < 4.78 is 22.8. The third-order valence-corrected chi connectivity index (χ3v) is 5.78. The highest BCUT2D eigenvalue weighted by molar-refractivity contribution is 7.89. The highest BCUT2D eigenvalue weighted by Gasteiger charge is 2.12. The molecule has 0 aliphatic rings. The summed E-state index contributed by atoms with van der Waals surface area (Å²) in [6, 6.07) is 19.1. The molecule has 0 unspecified atom stereocenters. The van der Waals surface area contributed by atoms with Gasteiger partial charge in [0.1, 0.15) is 0 Å². The number of halogens is 1. The number of benzene rings is 3. The van der Waals surface area contributed by atoms with E-state index in [9.17, 15) is 13.2 Å². The maximum absolute atomic E-state index is 12.6. The van der Waals surface area contributed by atoms with Gasteiger partial charge in [0, 0.05) is 23.1 Å². The summed E-state index contributed by atoms with van der Waals surface area (Å²) in [7, 11) is -3.13. The lowest BCUT2D eigenvalue weighted by molar-refractivity contribution is 0.102. The first-order valence-electron chi connectivity index (χ1n) is 9.38. The maximum Gasteiger partial charge on any atom is 0.255 e. The second kappa shape index (κ2) is 8.45. The molecule has 6 nitrogen and oxygen atoms in total. The lowest BCUT2D eigenvalue weighted by atomic mass is 10.1. The monoisotopic (exact) mass is 451 g/mol. The lowest BCUT2D eigenvalue weighted by Crippen LogP contribution is -2.12. The van der Waals surface area contributed by atoms with Gasteiger partial charge < -0.3 is 5.32 Å². The molecule has 1 aromatic heterocycles. The highest BCUT2D eigenvalue weighted by atomic mass is 35.5. The molecule has 156 valence electrons. The van der Waals surface area contributed by atoms with Crippen molar-refractivity contribution < 1.29 is 13.2 Å². The molecule has 0 spiro atoms. The van der Waals surface area contributed by atoms with Crippen LogP contribution in [-0.4, -0.2) is 30.5 Å². The molecular weight excluding hydrogens is 434 g/mol. The van der Waals surface area contributed by atoms with Crippen molar-refractivity contribution in [2.75, 3.05) is 11.6 Å². The summed E-state index contributed by atoms with van der Waals surface area (Å²) in [5.74, 6) is -0.383. The number of nitrogens with one attached hydrogen (secondary N) is 1. The lowest BCUT2D eigenvalue weighted by Gasteiger charge is -2.10. The van der Waals surface area contributed by atoms with Crippen LogP contribution in [0.25, 0.3) is 22.3 Å². The van der Waals surface area contributed by atoms with E-state index in [0.717, 1.165) is 11.0 Å². The number of rotatable bonds is 5. The fraction of sp³-hybridized carbons (Fsp3) is 0.0870. The second-order valence-electron chi connectivity index (χ2n) is 7.16. The molecule has 31 heavy (non-hydrogen) atoms. The molecule has 4 rings (SSSR count). The van der Waals surface area contributed by atoms with Gasteiger partial charge in [-0.2, -0.15) is 0 Å². The van der Waals surface area contributed by atoms with Gasteiger partial charge in [-0.25, -0.2) is 13.4 Å². The average molecular weight is 452 g/mol. The SMILES string of the molecule is CS(=O)(=O)Cc1ccc(C(=O)Nc2ccc(Cl)c(-c3cnc4ccccc4n3)c2)cc1. The molecule has 0 aliphatic carbocycles. The number of anilines is 1. The van der Waals surface area contributed by atoms with Crippen molar-refractivity contribution in [2.24, 2.45) is 0 Å². The van der Waals surface area contributed by atoms with E-state index in [1.807, 2.05) is 24.3 Å². The molecule has 0 bridgehead atoms. The number of carbonyl (C=O) groups excluding carboxylic acids is 1. The smallest absolute Gasteiger partial charge is 0.255 e. The van der Waals surface area contributed by atoms with E-state index in [4.69, 9.17) is 11.6 Å². The molecule has 1 heterocycles. The molecule has 0 fully saturated rings. The Bertz CT molecular complexity index is 1390. The number of hydrogen-bond acceptors (Lipinski definition) is 5. The Morgan fingerprint density at radius 3 is 2.42 bits per heavy atom. The van der Waals surface area contributed by atoms with Gasteiger partial charge in [0.25, 0.3) is 5.91 Å². The minimum Gasteiger partial charge on any atom is -0.322 e. The largest absolute Gasteiger partial charge is 0.322 e. The van der Waals surface area contributed by atoms with Crippen LogP contribution in [0.4, 0.5) is 5.69 Å². The quantitative estimate of drug-likeness (QED) is 0.473. The number of fused-ring (bicyclic) bond motifs is 1. The predicted octanol–water partition coefficient (Wildman–Crippen LogP) is 4.75. The third-order valence-electron chi connectivity index (χ3n) is 4.59. The Labute approximate surface area is 184 Å². The summed E-state index contributed by atoms with van der Waals surface area (Å²) in [6.45, 7) is 0. The van der Waals surface area contributed by atoms with Crippen molar-refractivity contribution in [1.29, 1.82) is 0 Å². The number of amides is 1. The number of nitrogens with zero attached hydrogens (tertiary/aromatic N) is 2. The zero-order chi connectivity index (χ0) is 22.0. The molecular formula is C23H18ClN3O3S. The van der Waals surface area contributed by atoms with Gasteiger partial charge in [0.2, 0.25) is 0 Å². The molecule has 1 amide bonds. The summed E-state index contributed by atoms with van der Waals surface area (Å²) in [5, 5.41) is 3.33. The van der Waals surface area contributed by atoms with E-state index in [1.54, 1.807) is 48.7 Å². The summed E-state index contributed by atoms with van der Waals surface area (Å²) in [5.41, 5.74) is 4.39. The number of aromatic nitrogens is 2. The summed E-state index contributed by atoms with van der Waals surface area (Å²) in [4.78, 5) is 21.7. The van der Waals surface area contributed by atoms with Gasteiger partial charge in [-0.15, -0.1) is 0 Å². The molecule has 0 saturated heterocycles. The minimum absolute atomic E-state index is 0.0672. The first kappa shape index (κ1) is 21.0. The van der Waals surface area contributed by atoms with E-state index in [0.29, 0.717) is 33.1 Å². The second-order valence-corrected chi connectivity index (χ2v) is 9.71. The maximum atomic E-state index is 12.6. The van der Waals surface area contributed by atoms with Crippen LogP contribution in [0.5, 0.6) is 0 Å². The number of hydrogen-bond donors (Lipinski definition) is 1. The minimum atomic E-state index is -3.13. The Balaban J connectivity index is 1.57. The van der Waals surface area contributed by atoms with Gasteiger partial charge >= 0.3 is 0 Å². The van der Waals surface area contributed by atoms with E-state index >= 15 is 0 Å². The molecule has 3 aromatic carbocycles.